The molecular weight excluding hydrogens is 349 g/mol. The van der Waals surface area contributed by atoms with Crippen LogP contribution in [0.2, 0.25) is 0 Å². The van der Waals surface area contributed by atoms with Crippen molar-refractivity contribution in [3.63, 3.8) is 0 Å². The van der Waals surface area contributed by atoms with E-state index in [0.29, 0.717) is 10.6 Å². The van der Waals surface area contributed by atoms with Crippen LogP contribution < -0.4 is 11.1 Å². The number of nitrogen functional groups attached to an aromatic ring is 1. The molecular formula is C13H15F3N4OS2. The van der Waals surface area contributed by atoms with Gasteiger partial charge >= 0.3 is 6.18 Å². The van der Waals surface area contributed by atoms with E-state index < -0.39 is 23.9 Å². The number of hydrogen-bond donors (Lipinski definition) is 2. The third-order valence-electron chi connectivity index (χ3n) is 3.15. The molecule has 0 saturated heterocycles. The van der Waals surface area contributed by atoms with E-state index in [2.05, 4.69) is 9.97 Å². The number of halogens is 3. The Morgan fingerprint density at radius 3 is 2.65 bits per heavy atom. The molecule has 0 fully saturated rings. The topological polar surface area (TPSA) is 80.9 Å². The molecule has 2 heterocycles. The molecule has 0 aliphatic heterocycles. The third kappa shape index (κ3) is 4.25. The van der Waals surface area contributed by atoms with Crippen LogP contribution in [0.5, 0.6) is 0 Å². The molecule has 1 unspecified atom stereocenters. The predicted octanol–water partition coefficient (Wildman–Crippen LogP) is 3.05. The van der Waals surface area contributed by atoms with E-state index in [1.54, 1.807) is 0 Å². The fourth-order valence-electron chi connectivity index (χ4n) is 1.86. The van der Waals surface area contributed by atoms with Gasteiger partial charge in [-0.25, -0.2) is 9.97 Å². The van der Waals surface area contributed by atoms with E-state index >= 15 is 0 Å². The molecule has 3 N–H and O–H groups in total. The second kappa shape index (κ2) is 6.52. The molecule has 0 aromatic carbocycles. The van der Waals surface area contributed by atoms with Gasteiger partial charge in [0.25, 0.3) is 0 Å². The van der Waals surface area contributed by atoms with Crippen LogP contribution in [-0.4, -0.2) is 33.8 Å². The fourth-order valence-corrected chi connectivity index (χ4v) is 3.75. The zero-order valence-corrected chi connectivity index (χ0v) is 14.2. The number of rotatable bonds is 4. The maximum Gasteiger partial charge on any atom is 0.405 e. The van der Waals surface area contributed by atoms with Crippen LogP contribution in [0.4, 0.5) is 19.0 Å². The molecule has 1 amide bonds. The highest BCUT2D eigenvalue weighted by molar-refractivity contribution is 8.00. The Morgan fingerprint density at radius 2 is 2.04 bits per heavy atom. The molecule has 126 valence electrons. The first kappa shape index (κ1) is 17.8. The number of hydrogen-bond acceptors (Lipinski definition) is 6. The van der Waals surface area contributed by atoms with Crippen LogP contribution in [-0.2, 0) is 4.79 Å². The van der Waals surface area contributed by atoms with Crippen molar-refractivity contribution in [2.24, 2.45) is 0 Å². The van der Waals surface area contributed by atoms with Crippen LogP contribution >= 0.6 is 23.1 Å². The lowest BCUT2D eigenvalue weighted by Crippen LogP contribution is -2.38. The smallest absolute Gasteiger partial charge is 0.383 e. The summed E-state index contributed by atoms with van der Waals surface area (Å²) >= 11 is 2.43. The van der Waals surface area contributed by atoms with Crippen molar-refractivity contribution in [1.82, 2.24) is 15.3 Å². The second-order valence-corrected chi connectivity index (χ2v) is 7.46. The van der Waals surface area contributed by atoms with E-state index in [9.17, 15) is 18.0 Å². The van der Waals surface area contributed by atoms with Gasteiger partial charge in [-0.15, -0.1) is 11.3 Å². The molecule has 2 aromatic rings. The monoisotopic (exact) mass is 364 g/mol. The maximum atomic E-state index is 12.1. The normalized spacial score (nSPS) is 13.3. The van der Waals surface area contributed by atoms with Crippen LogP contribution in [0, 0.1) is 13.8 Å². The Balaban J connectivity index is 2.14. The van der Waals surface area contributed by atoms with Crippen LogP contribution in [0.15, 0.2) is 5.16 Å². The lowest BCUT2D eigenvalue weighted by molar-refractivity contribution is -0.137. The molecule has 0 aliphatic rings. The van der Waals surface area contributed by atoms with E-state index in [1.807, 2.05) is 19.2 Å². The minimum absolute atomic E-state index is 0.269. The van der Waals surface area contributed by atoms with Gasteiger partial charge in [-0.2, -0.15) is 13.2 Å². The van der Waals surface area contributed by atoms with Crippen molar-refractivity contribution >= 4 is 45.0 Å². The largest absolute Gasteiger partial charge is 0.405 e. The molecule has 2 rings (SSSR count). The molecule has 2 aromatic heterocycles. The minimum atomic E-state index is -4.44. The van der Waals surface area contributed by atoms with E-state index in [-0.39, 0.29) is 5.16 Å². The van der Waals surface area contributed by atoms with Crippen molar-refractivity contribution in [3.8, 4) is 0 Å². The predicted molar refractivity (Wildman–Crippen MR) is 85.7 cm³/mol. The van der Waals surface area contributed by atoms with Gasteiger partial charge in [0.05, 0.1) is 10.6 Å². The highest BCUT2D eigenvalue weighted by atomic mass is 32.2. The first-order valence-corrected chi connectivity index (χ1v) is 8.32. The highest BCUT2D eigenvalue weighted by Crippen LogP contribution is 2.34. The van der Waals surface area contributed by atoms with Gasteiger partial charge < -0.3 is 11.1 Å². The maximum absolute atomic E-state index is 12.1. The Kier molecular flexibility index (Phi) is 5.04. The molecule has 0 spiro atoms. The number of aromatic nitrogens is 2. The first-order chi connectivity index (χ1) is 10.6. The number of fused-ring (bicyclic) bond motifs is 1. The summed E-state index contributed by atoms with van der Waals surface area (Å²) in [6, 6.07) is 0. The fraction of sp³-hybridized carbons (Fsp3) is 0.462. The summed E-state index contributed by atoms with van der Waals surface area (Å²) in [6.45, 7) is 4.00. The van der Waals surface area contributed by atoms with E-state index in [1.165, 1.54) is 18.3 Å². The Morgan fingerprint density at radius 1 is 1.39 bits per heavy atom. The summed E-state index contributed by atoms with van der Waals surface area (Å²) in [5, 5.41) is 2.12. The van der Waals surface area contributed by atoms with Crippen molar-refractivity contribution in [2.45, 2.75) is 37.4 Å². The van der Waals surface area contributed by atoms with Gasteiger partial charge in [-0.3, -0.25) is 4.79 Å². The van der Waals surface area contributed by atoms with Crippen molar-refractivity contribution in [1.29, 1.82) is 0 Å². The third-order valence-corrected chi connectivity index (χ3v) is 5.21. The SMILES string of the molecule is Cc1sc2nc(SC(C)C(=O)NCC(F)(F)F)nc(N)c2c1C. The number of nitrogens with one attached hydrogen (secondary N) is 1. The summed E-state index contributed by atoms with van der Waals surface area (Å²) in [4.78, 5) is 21.9. The van der Waals surface area contributed by atoms with E-state index in [4.69, 9.17) is 5.73 Å². The Hall–Kier alpha value is -1.55. The van der Waals surface area contributed by atoms with Crippen molar-refractivity contribution in [2.75, 3.05) is 12.3 Å². The summed E-state index contributed by atoms with van der Waals surface area (Å²) in [5.74, 6) is -0.421. The number of nitrogens with two attached hydrogens (primary N) is 1. The number of alkyl halides is 3. The van der Waals surface area contributed by atoms with Gasteiger partial charge in [-0.1, -0.05) is 11.8 Å². The number of carbonyl (C=O) groups is 1. The quantitative estimate of drug-likeness (QED) is 0.644. The summed E-state index contributed by atoms with van der Waals surface area (Å²) < 4.78 is 36.3. The molecule has 0 saturated carbocycles. The Labute approximate surface area is 138 Å². The van der Waals surface area contributed by atoms with Crippen LogP contribution in [0.3, 0.4) is 0 Å². The average molecular weight is 364 g/mol. The second-order valence-electron chi connectivity index (χ2n) is 4.95. The first-order valence-electron chi connectivity index (χ1n) is 6.63. The number of nitrogens with zero attached hydrogens (tertiary/aromatic N) is 2. The van der Waals surface area contributed by atoms with Crippen LogP contribution in [0.1, 0.15) is 17.4 Å². The van der Waals surface area contributed by atoms with Gasteiger partial charge in [-0.05, 0) is 26.3 Å². The summed E-state index contributed by atoms with van der Waals surface area (Å²) in [6.07, 6.45) is -4.44. The molecule has 1 atom stereocenters. The molecule has 0 aliphatic carbocycles. The standard InChI is InChI=1S/C13H15F3N4OS2/c1-5-6(2)22-11-8(5)9(17)19-12(20-11)23-7(3)10(21)18-4-13(14,15)16/h7H,4H2,1-3H3,(H,18,21)(H2,17,19,20). The number of anilines is 1. The van der Waals surface area contributed by atoms with Crippen molar-refractivity contribution < 1.29 is 18.0 Å². The lowest BCUT2D eigenvalue weighted by Gasteiger charge is -2.12. The van der Waals surface area contributed by atoms with Gasteiger partial charge in [0.15, 0.2) is 5.16 Å². The van der Waals surface area contributed by atoms with Gasteiger partial charge in [0.1, 0.15) is 17.2 Å². The number of aryl methyl sites for hydroxylation is 2. The molecule has 23 heavy (non-hydrogen) atoms. The molecule has 10 heteroatoms. The lowest BCUT2D eigenvalue weighted by atomic mass is 10.2. The molecule has 5 nitrogen and oxygen atoms in total. The zero-order valence-electron chi connectivity index (χ0n) is 12.6. The van der Waals surface area contributed by atoms with Gasteiger partial charge in [0.2, 0.25) is 5.91 Å². The Bertz CT molecular complexity index is 745. The number of amides is 1. The zero-order chi connectivity index (χ0) is 17.4. The molecule has 0 bridgehead atoms. The van der Waals surface area contributed by atoms with E-state index in [0.717, 1.165) is 27.6 Å². The average Bonchev–Trinajstić information content (AvgIpc) is 2.70. The minimum Gasteiger partial charge on any atom is -0.383 e. The van der Waals surface area contributed by atoms with Crippen molar-refractivity contribution in [3.05, 3.63) is 10.4 Å². The van der Waals surface area contributed by atoms with Crippen LogP contribution in [0.25, 0.3) is 10.2 Å². The molecule has 0 radical (unpaired) electrons. The summed E-state index contributed by atoms with van der Waals surface area (Å²) in [5.41, 5.74) is 6.94. The summed E-state index contributed by atoms with van der Waals surface area (Å²) in [7, 11) is 0. The highest BCUT2D eigenvalue weighted by Gasteiger charge is 2.29. The number of thioether (sulfide) groups is 1. The van der Waals surface area contributed by atoms with Gasteiger partial charge in [0, 0.05) is 4.88 Å². The number of thiophene rings is 1. The number of carbonyl (C=O) groups excluding carboxylic acids is 1.